The van der Waals surface area contributed by atoms with Crippen LogP contribution in [-0.2, 0) is 4.79 Å². The molecular formula is C11H14BrNO3. The fraction of sp³-hybridized carbons (Fsp3) is 0.364. The summed E-state index contributed by atoms with van der Waals surface area (Å²) in [5.74, 6) is 1.17. The number of carbonyl (C=O) groups excluding carboxylic acids is 1. The molecule has 16 heavy (non-hydrogen) atoms. The van der Waals surface area contributed by atoms with E-state index in [1.165, 1.54) is 0 Å². The molecular weight excluding hydrogens is 274 g/mol. The van der Waals surface area contributed by atoms with Gasteiger partial charge in [0.05, 0.1) is 24.4 Å². The number of nitrogens with one attached hydrogen (secondary N) is 1. The predicted octanol–water partition coefficient (Wildman–Crippen LogP) is 2.81. The van der Waals surface area contributed by atoms with Crippen LogP contribution in [0.3, 0.4) is 0 Å². The molecule has 5 heteroatoms. The van der Waals surface area contributed by atoms with Crippen molar-refractivity contribution in [1.82, 2.24) is 0 Å². The first-order valence-corrected chi connectivity index (χ1v) is 5.63. The SMILES string of the molecule is CCC(=O)Nc1cc(OC)cc(Br)c1OC. The molecule has 4 nitrogen and oxygen atoms in total. The normalized spacial score (nSPS) is 9.75. The lowest BCUT2D eigenvalue weighted by atomic mass is 10.2. The van der Waals surface area contributed by atoms with E-state index >= 15 is 0 Å². The van der Waals surface area contributed by atoms with Crippen LogP contribution in [0.15, 0.2) is 16.6 Å². The van der Waals surface area contributed by atoms with Gasteiger partial charge in [0.25, 0.3) is 0 Å². The van der Waals surface area contributed by atoms with Crippen molar-refractivity contribution in [2.75, 3.05) is 19.5 Å². The Morgan fingerprint density at radius 3 is 2.56 bits per heavy atom. The van der Waals surface area contributed by atoms with E-state index in [0.29, 0.717) is 23.6 Å². The lowest BCUT2D eigenvalue weighted by molar-refractivity contribution is -0.115. The number of hydrogen-bond acceptors (Lipinski definition) is 3. The summed E-state index contributed by atoms with van der Waals surface area (Å²) in [6.07, 6.45) is 0.415. The van der Waals surface area contributed by atoms with Gasteiger partial charge >= 0.3 is 0 Å². The number of amides is 1. The van der Waals surface area contributed by atoms with Gasteiger partial charge in [-0.15, -0.1) is 0 Å². The van der Waals surface area contributed by atoms with Gasteiger partial charge in [-0.25, -0.2) is 0 Å². The summed E-state index contributed by atoms with van der Waals surface area (Å²) in [5.41, 5.74) is 0.598. The van der Waals surface area contributed by atoms with Gasteiger partial charge in [0.2, 0.25) is 5.91 Å². The van der Waals surface area contributed by atoms with E-state index in [9.17, 15) is 4.79 Å². The Hall–Kier alpha value is -1.23. The van der Waals surface area contributed by atoms with Crippen molar-refractivity contribution in [3.63, 3.8) is 0 Å². The van der Waals surface area contributed by atoms with E-state index in [1.807, 2.05) is 0 Å². The quantitative estimate of drug-likeness (QED) is 0.926. The molecule has 0 spiro atoms. The Labute approximate surface area is 103 Å². The molecule has 0 aliphatic heterocycles. The van der Waals surface area contributed by atoms with Crippen LogP contribution in [0.2, 0.25) is 0 Å². The van der Waals surface area contributed by atoms with E-state index in [-0.39, 0.29) is 5.91 Å². The van der Waals surface area contributed by atoms with E-state index in [2.05, 4.69) is 21.2 Å². The Kier molecular flexibility index (Phi) is 4.61. The summed E-state index contributed by atoms with van der Waals surface area (Å²) < 4.78 is 11.1. The smallest absolute Gasteiger partial charge is 0.224 e. The number of hydrogen-bond donors (Lipinski definition) is 1. The average Bonchev–Trinajstić information content (AvgIpc) is 2.28. The molecule has 0 atom stereocenters. The summed E-state index contributed by atoms with van der Waals surface area (Å²) in [6, 6.07) is 3.50. The summed E-state index contributed by atoms with van der Waals surface area (Å²) in [4.78, 5) is 11.3. The monoisotopic (exact) mass is 287 g/mol. The molecule has 1 rings (SSSR count). The van der Waals surface area contributed by atoms with Crippen molar-refractivity contribution in [2.45, 2.75) is 13.3 Å². The summed E-state index contributed by atoms with van der Waals surface area (Å²) in [7, 11) is 3.12. The molecule has 0 unspecified atom stereocenters. The molecule has 1 amide bonds. The predicted molar refractivity (Wildman–Crippen MR) is 66.2 cm³/mol. The maximum atomic E-state index is 11.3. The number of rotatable bonds is 4. The van der Waals surface area contributed by atoms with Crippen molar-refractivity contribution in [3.8, 4) is 11.5 Å². The third-order valence-electron chi connectivity index (χ3n) is 2.05. The molecule has 88 valence electrons. The largest absolute Gasteiger partial charge is 0.497 e. The second-order valence-electron chi connectivity index (χ2n) is 3.09. The van der Waals surface area contributed by atoms with Gasteiger partial charge in [0.15, 0.2) is 5.75 Å². The van der Waals surface area contributed by atoms with Gasteiger partial charge in [0, 0.05) is 12.5 Å². The van der Waals surface area contributed by atoms with Gasteiger partial charge < -0.3 is 14.8 Å². The molecule has 0 radical (unpaired) electrons. The van der Waals surface area contributed by atoms with Gasteiger partial charge in [-0.3, -0.25) is 4.79 Å². The third-order valence-corrected chi connectivity index (χ3v) is 2.64. The zero-order valence-corrected chi connectivity index (χ0v) is 11.1. The number of ether oxygens (including phenoxy) is 2. The topological polar surface area (TPSA) is 47.6 Å². The molecule has 0 heterocycles. The van der Waals surface area contributed by atoms with Crippen molar-refractivity contribution < 1.29 is 14.3 Å². The first kappa shape index (κ1) is 12.8. The highest BCUT2D eigenvalue weighted by Gasteiger charge is 2.12. The highest BCUT2D eigenvalue weighted by atomic mass is 79.9. The van der Waals surface area contributed by atoms with Crippen LogP contribution in [0.5, 0.6) is 11.5 Å². The summed E-state index contributed by atoms with van der Waals surface area (Å²) in [5, 5.41) is 2.75. The van der Waals surface area contributed by atoms with Crippen LogP contribution in [0.1, 0.15) is 13.3 Å². The van der Waals surface area contributed by atoms with Crippen LogP contribution in [-0.4, -0.2) is 20.1 Å². The van der Waals surface area contributed by atoms with Crippen LogP contribution in [0, 0.1) is 0 Å². The van der Waals surface area contributed by atoms with Gasteiger partial charge in [-0.05, 0) is 22.0 Å². The lowest BCUT2D eigenvalue weighted by Crippen LogP contribution is -2.10. The minimum Gasteiger partial charge on any atom is -0.497 e. The molecule has 1 N–H and O–H groups in total. The fourth-order valence-corrected chi connectivity index (χ4v) is 1.83. The van der Waals surface area contributed by atoms with Gasteiger partial charge in [-0.2, -0.15) is 0 Å². The molecule has 0 bridgehead atoms. The highest BCUT2D eigenvalue weighted by Crippen LogP contribution is 2.37. The van der Waals surface area contributed by atoms with Crippen LogP contribution in [0.25, 0.3) is 0 Å². The summed E-state index contributed by atoms with van der Waals surface area (Å²) >= 11 is 3.35. The van der Waals surface area contributed by atoms with Crippen molar-refractivity contribution in [2.24, 2.45) is 0 Å². The summed E-state index contributed by atoms with van der Waals surface area (Å²) in [6.45, 7) is 1.79. The molecule has 0 aliphatic rings. The standard InChI is InChI=1S/C11H14BrNO3/c1-4-10(14)13-9-6-7(15-2)5-8(12)11(9)16-3/h5-6H,4H2,1-3H3,(H,13,14). The zero-order valence-electron chi connectivity index (χ0n) is 9.46. The number of anilines is 1. The van der Waals surface area contributed by atoms with Crippen molar-refractivity contribution >= 4 is 27.5 Å². The van der Waals surface area contributed by atoms with Crippen molar-refractivity contribution in [3.05, 3.63) is 16.6 Å². The van der Waals surface area contributed by atoms with E-state index < -0.39 is 0 Å². The Morgan fingerprint density at radius 2 is 2.06 bits per heavy atom. The number of methoxy groups -OCH3 is 2. The Bertz CT molecular complexity index is 393. The average molecular weight is 288 g/mol. The maximum Gasteiger partial charge on any atom is 0.224 e. The molecule has 1 aromatic rings. The van der Waals surface area contributed by atoms with Gasteiger partial charge in [-0.1, -0.05) is 6.92 Å². The van der Waals surface area contributed by atoms with Crippen LogP contribution in [0.4, 0.5) is 5.69 Å². The Morgan fingerprint density at radius 1 is 1.38 bits per heavy atom. The molecule has 0 saturated heterocycles. The minimum atomic E-state index is -0.0709. The first-order valence-electron chi connectivity index (χ1n) is 4.83. The molecule has 0 aliphatic carbocycles. The second kappa shape index (κ2) is 5.75. The zero-order chi connectivity index (χ0) is 12.1. The number of carbonyl (C=O) groups is 1. The van der Waals surface area contributed by atoms with Crippen molar-refractivity contribution in [1.29, 1.82) is 0 Å². The highest BCUT2D eigenvalue weighted by molar-refractivity contribution is 9.10. The third kappa shape index (κ3) is 2.88. The van der Waals surface area contributed by atoms with E-state index in [1.54, 1.807) is 33.3 Å². The van der Waals surface area contributed by atoms with Gasteiger partial charge in [0.1, 0.15) is 5.75 Å². The first-order chi connectivity index (χ1) is 7.62. The molecule has 1 aromatic carbocycles. The lowest BCUT2D eigenvalue weighted by Gasteiger charge is -2.13. The fourth-order valence-electron chi connectivity index (χ4n) is 1.23. The Balaban J connectivity index is 3.12. The number of benzene rings is 1. The second-order valence-corrected chi connectivity index (χ2v) is 3.95. The van der Waals surface area contributed by atoms with E-state index in [0.717, 1.165) is 4.47 Å². The molecule has 0 fully saturated rings. The van der Waals surface area contributed by atoms with E-state index in [4.69, 9.17) is 9.47 Å². The van der Waals surface area contributed by atoms with Crippen LogP contribution >= 0.6 is 15.9 Å². The maximum absolute atomic E-state index is 11.3. The minimum absolute atomic E-state index is 0.0709. The molecule has 0 saturated carbocycles. The van der Waals surface area contributed by atoms with Crippen LogP contribution < -0.4 is 14.8 Å². The number of halogens is 1. The molecule has 0 aromatic heterocycles.